The molecule has 1 heterocycles. The van der Waals surface area contributed by atoms with Crippen LogP contribution in [0.2, 0.25) is 0 Å². The molecule has 0 amide bonds. The molecule has 1 heteroatoms. The van der Waals surface area contributed by atoms with Gasteiger partial charge in [0.05, 0.1) is 0 Å². The zero-order valence-electron chi connectivity index (χ0n) is 13.2. The summed E-state index contributed by atoms with van der Waals surface area (Å²) in [6.45, 7) is 9.01. The largest absolute Gasteiger partial charge is 0.140 e. The van der Waals surface area contributed by atoms with Crippen LogP contribution in [0.4, 0.5) is 0 Å². The first-order valence-corrected chi connectivity index (χ1v) is 8.50. The molecule has 0 unspecified atom stereocenters. The average Bonchev–Trinajstić information content (AvgIpc) is 2.96. The normalized spacial score (nSPS) is 11.7. The van der Waals surface area contributed by atoms with Gasteiger partial charge in [-0.1, -0.05) is 58.0 Å². The summed E-state index contributed by atoms with van der Waals surface area (Å²) in [6.07, 6.45) is 0. The quantitative estimate of drug-likeness (QED) is 0.497. The molecule has 108 valence electrons. The van der Waals surface area contributed by atoms with E-state index in [9.17, 15) is 0 Å². The zero-order valence-corrected chi connectivity index (χ0v) is 14.0. The second-order valence-corrected chi connectivity index (χ2v) is 7.45. The van der Waals surface area contributed by atoms with Gasteiger partial charge in [-0.15, -0.1) is 11.3 Å². The summed E-state index contributed by atoms with van der Waals surface area (Å²) in [7, 11) is 0. The third kappa shape index (κ3) is 2.89. The van der Waals surface area contributed by atoms with Crippen molar-refractivity contribution in [3.8, 4) is 10.4 Å². The molecule has 0 radical (unpaired) electrons. The van der Waals surface area contributed by atoms with Crippen molar-refractivity contribution >= 4 is 22.1 Å². The van der Waals surface area contributed by atoms with Crippen molar-refractivity contribution in [3.63, 3.8) is 0 Å². The van der Waals surface area contributed by atoms with Gasteiger partial charge >= 0.3 is 0 Å². The smallest absolute Gasteiger partial charge is 0.0345 e. The Morgan fingerprint density at radius 2 is 1.48 bits per heavy atom. The molecule has 0 aliphatic rings. The van der Waals surface area contributed by atoms with Crippen LogP contribution in [-0.4, -0.2) is 0 Å². The lowest BCUT2D eigenvalue weighted by atomic mass is 9.98. The minimum atomic E-state index is 0.576. The fourth-order valence-corrected chi connectivity index (χ4v) is 3.60. The van der Waals surface area contributed by atoms with E-state index in [1.54, 1.807) is 0 Å². The van der Waals surface area contributed by atoms with Gasteiger partial charge in [0, 0.05) is 9.75 Å². The molecule has 0 atom stereocenters. The maximum absolute atomic E-state index is 2.33. The molecule has 0 nitrogen and oxygen atoms in total. The predicted molar refractivity (Wildman–Crippen MR) is 95.4 cm³/mol. The van der Waals surface area contributed by atoms with Crippen molar-refractivity contribution < 1.29 is 0 Å². The van der Waals surface area contributed by atoms with Crippen LogP contribution in [0.1, 0.15) is 50.0 Å². The lowest BCUT2D eigenvalue weighted by Gasteiger charge is -2.08. The molecule has 0 saturated heterocycles. The average molecular weight is 294 g/mol. The number of benzene rings is 2. The van der Waals surface area contributed by atoms with E-state index >= 15 is 0 Å². The van der Waals surface area contributed by atoms with Crippen LogP contribution in [0.5, 0.6) is 0 Å². The predicted octanol–water partition coefficient (Wildman–Crippen LogP) is 6.82. The van der Waals surface area contributed by atoms with Gasteiger partial charge in [0.2, 0.25) is 0 Å². The van der Waals surface area contributed by atoms with E-state index in [-0.39, 0.29) is 0 Å². The summed E-state index contributed by atoms with van der Waals surface area (Å²) in [6, 6.07) is 18.2. The SMILES string of the molecule is CC(C)c1ccc2ccc(-c3ccc(C(C)C)s3)cc2c1. The van der Waals surface area contributed by atoms with E-state index in [1.807, 2.05) is 11.3 Å². The van der Waals surface area contributed by atoms with E-state index < -0.39 is 0 Å². The van der Waals surface area contributed by atoms with Crippen molar-refractivity contribution in [2.45, 2.75) is 39.5 Å². The van der Waals surface area contributed by atoms with Crippen molar-refractivity contribution in [2.24, 2.45) is 0 Å². The molecule has 3 aromatic rings. The number of hydrogen-bond donors (Lipinski definition) is 0. The summed E-state index contributed by atoms with van der Waals surface area (Å²) >= 11 is 1.91. The second kappa shape index (κ2) is 5.65. The standard InChI is InChI=1S/C20H22S/c1-13(2)16-7-5-15-6-8-17(12-18(15)11-16)20-10-9-19(21-20)14(3)4/h5-14H,1-4H3. The summed E-state index contributed by atoms with van der Waals surface area (Å²) < 4.78 is 0. The van der Waals surface area contributed by atoms with Crippen LogP contribution in [0.3, 0.4) is 0 Å². The van der Waals surface area contributed by atoms with E-state index in [0.29, 0.717) is 11.8 Å². The van der Waals surface area contributed by atoms with Crippen molar-refractivity contribution in [2.75, 3.05) is 0 Å². The Kier molecular flexibility index (Phi) is 3.86. The fourth-order valence-electron chi connectivity index (χ4n) is 2.60. The zero-order chi connectivity index (χ0) is 15.0. The Morgan fingerprint density at radius 1 is 0.714 bits per heavy atom. The number of hydrogen-bond acceptors (Lipinski definition) is 1. The topological polar surface area (TPSA) is 0 Å². The fraction of sp³-hybridized carbons (Fsp3) is 0.300. The minimum Gasteiger partial charge on any atom is -0.140 e. The first-order valence-electron chi connectivity index (χ1n) is 7.68. The molecule has 1 aromatic heterocycles. The Hall–Kier alpha value is -1.60. The summed E-state index contributed by atoms with van der Waals surface area (Å²) in [5, 5.41) is 2.67. The highest BCUT2D eigenvalue weighted by Gasteiger charge is 2.07. The van der Waals surface area contributed by atoms with Crippen LogP contribution >= 0.6 is 11.3 Å². The Labute approximate surface area is 131 Å². The van der Waals surface area contributed by atoms with E-state index in [2.05, 4.69) is 76.2 Å². The van der Waals surface area contributed by atoms with E-state index in [0.717, 1.165) is 0 Å². The van der Waals surface area contributed by atoms with Crippen LogP contribution in [0.25, 0.3) is 21.2 Å². The summed E-state index contributed by atoms with van der Waals surface area (Å²) in [5.41, 5.74) is 2.74. The lowest BCUT2D eigenvalue weighted by molar-refractivity contribution is 0.869. The van der Waals surface area contributed by atoms with Gasteiger partial charge in [0.25, 0.3) is 0 Å². The molecule has 0 spiro atoms. The minimum absolute atomic E-state index is 0.576. The maximum atomic E-state index is 2.33. The molecule has 0 bridgehead atoms. The lowest BCUT2D eigenvalue weighted by Crippen LogP contribution is -1.86. The monoisotopic (exact) mass is 294 g/mol. The molecule has 2 aromatic carbocycles. The molecular weight excluding hydrogens is 272 g/mol. The van der Waals surface area contributed by atoms with Crippen LogP contribution < -0.4 is 0 Å². The summed E-state index contributed by atoms with van der Waals surface area (Å²) in [4.78, 5) is 2.83. The highest BCUT2D eigenvalue weighted by molar-refractivity contribution is 7.15. The molecule has 0 fully saturated rings. The first-order chi connectivity index (χ1) is 10.0. The van der Waals surface area contributed by atoms with Crippen molar-refractivity contribution in [3.05, 3.63) is 59.0 Å². The third-order valence-corrected chi connectivity index (χ3v) is 5.45. The molecule has 21 heavy (non-hydrogen) atoms. The Morgan fingerprint density at radius 3 is 2.14 bits per heavy atom. The van der Waals surface area contributed by atoms with E-state index in [1.165, 1.54) is 31.7 Å². The number of rotatable bonds is 3. The molecule has 0 aliphatic heterocycles. The maximum Gasteiger partial charge on any atom is 0.0345 e. The Balaban J connectivity index is 2.06. The number of thiophene rings is 1. The molecular formula is C20H22S. The highest BCUT2D eigenvalue weighted by Crippen LogP contribution is 2.34. The van der Waals surface area contributed by atoms with Gasteiger partial charge in [0.1, 0.15) is 0 Å². The highest BCUT2D eigenvalue weighted by atomic mass is 32.1. The first kappa shape index (κ1) is 14.3. The summed E-state index contributed by atoms with van der Waals surface area (Å²) in [5.74, 6) is 1.18. The Bertz CT molecular complexity index is 762. The van der Waals surface area contributed by atoms with Gasteiger partial charge in [-0.25, -0.2) is 0 Å². The van der Waals surface area contributed by atoms with Gasteiger partial charge in [-0.2, -0.15) is 0 Å². The second-order valence-electron chi connectivity index (χ2n) is 6.33. The van der Waals surface area contributed by atoms with Gasteiger partial charge in [-0.3, -0.25) is 0 Å². The van der Waals surface area contributed by atoms with Crippen molar-refractivity contribution in [1.29, 1.82) is 0 Å². The van der Waals surface area contributed by atoms with Crippen LogP contribution in [0.15, 0.2) is 48.5 Å². The molecule has 0 aliphatic carbocycles. The molecule has 3 rings (SSSR count). The molecule has 0 saturated carbocycles. The van der Waals surface area contributed by atoms with Gasteiger partial charge in [-0.05, 0) is 51.9 Å². The number of fused-ring (bicyclic) bond motifs is 1. The third-order valence-electron chi connectivity index (χ3n) is 4.01. The van der Waals surface area contributed by atoms with Crippen molar-refractivity contribution in [1.82, 2.24) is 0 Å². The van der Waals surface area contributed by atoms with Crippen LogP contribution in [-0.2, 0) is 0 Å². The van der Waals surface area contributed by atoms with Crippen LogP contribution in [0, 0.1) is 0 Å². The van der Waals surface area contributed by atoms with Gasteiger partial charge < -0.3 is 0 Å². The molecule has 0 N–H and O–H groups in total. The van der Waals surface area contributed by atoms with Gasteiger partial charge in [0.15, 0.2) is 0 Å². The van der Waals surface area contributed by atoms with E-state index in [4.69, 9.17) is 0 Å².